The van der Waals surface area contributed by atoms with Crippen LogP contribution in [0.2, 0.25) is 0 Å². The first-order valence-electron chi connectivity index (χ1n) is 7.57. The Morgan fingerprint density at radius 3 is 2.08 bits per heavy atom. The Balaban J connectivity index is 1.59. The van der Waals surface area contributed by atoms with E-state index in [0.717, 1.165) is 11.3 Å². The predicted molar refractivity (Wildman–Crippen MR) is 97.3 cm³/mol. The third kappa shape index (κ3) is 4.65. The molecule has 0 heterocycles. The summed E-state index contributed by atoms with van der Waals surface area (Å²) in [6.07, 6.45) is 1.71. The third-order valence-electron chi connectivity index (χ3n) is 3.34. The lowest BCUT2D eigenvalue weighted by molar-refractivity contribution is -0.384. The van der Waals surface area contributed by atoms with Gasteiger partial charge in [0.05, 0.1) is 16.8 Å². The van der Waals surface area contributed by atoms with Crippen LogP contribution in [0.4, 0.5) is 11.4 Å². The molecule has 6 nitrogen and oxygen atoms in total. The topological polar surface area (TPSA) is 76.8 Å². The monoisotopic (exact) mass is 333 g/mol. The van der Waals surface area contributed by atoms with Gasteiger partial charge in [0.25, 0.3) is 5.69 Å². The van der Waals surface area contributed by atoms with Crippen LogP contribution in [0, 0.1) is 10.1 Å². The van der Waals surface area contributed by atoms with Gasteiger partial charge in [-0.3, -0.25) is 15.5 Å². The number of nitrogens with one attached hydrogen (secondary N) is 1. The van der Waals surface area contributed by atoms with Gasteiger partial charge in [-0.25, -0.2) is 0 Å². The van der Waals surface area contributed by atoms with E-state index in [-0.39, 0.29) is 5.69 Å². The van der Waals surface area contributed by atoms with Crippen LogP contribution in [0.5, 0.6) is 11.5 Å². The predicted octanol–water partition coefficient (Wildman–Crippen LogP) is 4.83. The van der Waals surface area contributed by atoms with Crippen LogP contribution in [0.3, 0.4) is 0 Å². The molecule has 0 saturated heterocycles. The highest BCUT2D eigenvalue weighted by atomic mass is 16.6. The molecule has 25 heavy (non-hydrogen) atoms. The van der Waals surface area contributed by atoms with Crippen molar-refractivity contribution in [2.75, 3.05) is 5.43 Å². The third-order valence-corrected chi connectivity index (χ3v) is 3.34. The molecule has 3 aromatic carbocycles. The van der Waals surface area contributed by atoms with Crippen molar-refractivity contribution >= 4 is 17.6 Å². The fourth-order valence-electron chi connectivity index (χ4n) is 2.09. The molecule has 0 amide bonds. The molecule has 0 aliphatic carbocycles. The van der Waals surface area contributed by atoms with Crippen LogP contribution in [0.1, 0.15) is 5.56 Å². The Morgan fingerprint density at radius 2 is 1.48 bits per heavy atom. The molecular formula is C19H15N3O3. The van der Waals surface area contributed by atoms with E-state index in [9.17, 15) is 10.1 Å². The molecule has 0 fully saturated rings. The highest BCUT2D eigenvalue weighted by Gasteiger charge is 2.05. The van der Waals surface area contributed by atoms with Crippen LogP contribution in [0.25, 0.3) is 0 Å². The van der Waals surface area contributed by atoms with Gasteiger partial charge >= 0.3 is 0 Å². The molecule has 0 atom stereocenters. The summed E-state index contributed by atoms with van der Waals surface area (Å²) in [4.78, 5) is 10.2. The van der Waals surface area contributed by atoms with Gasteiger partial charge in [-0.1, -0.05) is 18.2 Å². The van der Waals surface area contributed by atoms with Crippen molar-refractivity contribution in [1.29, 1.82) is 0 Å². The van der Waals surface area contributed by atoms with Gasteiger partial charge in [-0.15, -0.1) is 0 Å². The minimum absolute atomic E-state index is 0.0322. The second kappa shape index (κ2) is 7.74. The molecule has 0 unspecified atom stereocenters. The Labute approximate surface area is 144 Å². The Morgan fingerprint density at radius 1 is 0.880 bits per heavy atom. The Bertz CT molecular complexity index is 861. The van der Waals surface area contributed by atoms with Gasteiger partial charge in [-0.2, -0.15) is 5.10 Å². The van der Waals surface area contributed by atoms with Crippen molar-refractivity contribution < 1.29 is 9.66 Å². The highest BCUT2D eigenvalue weighted by Crippen LogP contribution is 2.23. The summed E-state index contributed by atoms with van der Waals surface area (Å²) < 4.78 is 5.66. The lowest BCUT2D eigenvalue weighted by Gasteiger charge is -2.05. The van der Waals surface area contributed by atoms with Crippen LogP contribution >= 0.6 is 0 Å². The van der Waals surface area contributed by atoms with Crippen molar-refractivity contribution in [3.63, 3.8) is 0 Å². The van der Waals surface area contributed by atoms with Gasteiger partial charge in [0, 0.05) is 12.1 Å². The minimum Gasteiger partial charge on any atom is -0.457 e. The lowest BCUT2D eigenvalue weighted by Crippen LogP contribution is -1.91. The van der Waals surface area contributed by atoms with E-state index in [1.54, 1.807) is 18.3 Å². The number of nitro groups is 1. The summed E-state index contributed by atoms with van der Waals surface area (Å²) >= 11 is 0. The number of hydrogen-bond acceptors (Lipinski definition) is 5. The van der Waals surface area contributed by atoms with E-state index >= 15 is 0 Å². The summed E-state index contributed by atoms with van der Waals surface area (Å²) in [6, 6.07) is 23.0. The maximum absolute atomic E-state index is 10.6. The van der Waals surface area contributed by atoms with Gasteiger partial charge in [0.15, 0.2) is 0 Å². The molecule has 0 spiro atoms. The van der Waals surface area contributed by atoms with E-state index in [1.165, 1.54) is 12.1 Å². The van der Waals surface area contributed by atoms with Crippen LogP contribution in [-0.2, 0) is 0 Å². The van der Waals surface area contributed by atoms with E-state index in [4.69, 9.17) is 4.74 Å². The average Bonchev–Trinajstić information content (AvgIpc) is 2.64. The zero-order valence-corrected chi connectivity index (χ0v) is 13.2. The number of anilines is 1. The SMILES string of the molecule is O=[N+]([O-])c1ccc(Oc2ccc(C=NNc3ccccc3)cc2)cc1. The maximum Gasteiger partial charge on any atom is 0.269 e. The van der Waals surface area contributed by atoms with E-state index in [1.807, 2.05) is 54.6 Å². The van der Waals surface area contributed by atoms with E-state index in [0.29, 0.717) is 11.5 Å². The molecule has 0 saturated carbocycles. The minimum atomic E-state index is -0.443. The summed E-state index contributed by atoms with van der Waals surface area (Å²) in [5.74, 6) is 1.18. The van der Waals surface area contributed by atoms with Crippen molar-refractivity contribution in [2.45, 2.75) is 0 Å². The van der Waals surface area contributed by atoms with Crippen LogP contribution in [-0.4, -0.2) is 11.1 Å². The lowest BCUT2D eigenvalue weighted by atomic mass is 10.2. The largest absolute Gasteiger partial charge is 0.457 e. The quantitative estimate of drug-likeness (QED) is 0.398. The molecule has 124 valence electrons. The molecule has 1 N–H and O–H groups in total. The second-order valence-electron chi connectivity index (χ2n) is 5.16. The first kappa shape index (κ1) is 16.2. The Kier molecular flexibility index (Phi) is 5.01. The fourth-order valence-corrected chi connectivity index (χ4v) is 2.09. The van der Waals surface area contributed by atoms with Crippen LogP contribution in [0.15, 0.2) is 84.0 Å². The zero-order valence-electron chi connectivity index (χ0n) is 13.2. The normalized spacial score (nSPS) is 10.6. The van der Waals surface area contributed by atoms with E-state index in [2.05, 4.69) is 10.5 Å². The van der Waals surface area contributed by atoms with Gasteiger partial charge < -0.3 is 4.74 Å². The molecule has 3 rings (SSSR count). The second-order valence-corrected chi connectivity index (χ2v) is 5.16. The molecule has 6 heteroatoms. The van der Waals surface area contributed by atoms with Crippen molar-refractivity contribution in [2.24, 2.45) is 5.10 Å². The molecule has 0 radical (unpaired) electrons. The first-order valence-corrected chi connectivity index (χ1v) is 7.57. The number of ether oxygens (including phenoxy) is 1. The number of benzene rings is 3. The smallest absolute Gasteiger partial charge is 0.269 e. The van der Waals surface area contributed by atoms with Crippen molar-refractivity contribution in [3.05, 3.63) is 94.5 Å². The molecule has 3 aromatic rings. The number of non-ortho nitro benzene ring substituents is 1. The van der Waals surface area contributed by atoms with Gasteiger partial charge in [0.1, 0.15) is 11.5 Å². The number of hydrazone groups is 1. The van der Waals surface area contributed by atoms with E-state index < -0.39 is 4.92 Å². The molecular weight excluding hydrogens is 318 g/mol. The number of nitro benzene ring substituents is 1. The van der Waals surface area contributed by atoms with Gasteiger partial charge in [-0.05, 0) is 54.1 Å². The maximum atomic E-state index is 10.6. The molecule has 0 aliphatic rings. The first-order chi connectivity index (χ1) is 12.2. The number of rotatable bonds is 6. The molecule has 0 aromatic heterocycles. The summed E-state index contributed by atoms with van der Waals surface area (Å²) in [5, 5.41) is 14.8. The van der Waals surface area contributed by atoms with Crippen molar-refractivity contribution in [1.82, 2.24) is 0 Å². The van der Waals surface area contributed by atoms with Crippen molar-refractivity contribution in [3.8, 4) is 11.5 Å². The number of hydrogen-bond donors (Lipinski definition) is 1. The average molecular weight is 333 g/mol. The Hall–Kier alpha value is -3.67. The van der Waals surface area contributed by atoms with Crippen LogP contribution < -0.4 is 10.2 Å². The highest BCUT2D eigenvalue weighted by molar-refractivity contribution is 5.80. The standard InChI is InChI=1S/C19H15N3O3/c23-22(24)17-8-12-19(13-9-17)25-18-10-6-15(7-11-18)14-20-21-16-4-2-1-3-5-16/h1-14,21H. The summed E-state index contributed by atoms with van der Waals surface area (Å²) in [7, 11) is 0. The number of para-hydroxylation sites is 1. The summed E-state index contributed by atoms with van der Waals surface area (Å²) in [5.41, 5.74) is 4.81. The summed E-state index contributed by atoms with van der Waals surface area (Å²) in [6.45, 7) is 0. The molecule has 0 bridgehead atoms. The fraction of sp³-hybridized carbons (Fsp3) is 0. The number of nitrogens with zero attached hydrogens (tertiary/aromatic N) is 2. The molecule has 0 aliphatic heterocycles. The zero-order chi connectivity index (χ0) is 17.5. The van der Waals surface area contributed by atoms with Gasteiger partial charge in [0.2, 0.25) is 0 Å².